The van der Waals surface area contributed by atoms with E-state index >= 15 is 0 Å². The zero-order chi connectivity index (χ0) is 30.1. The molecular formula is C34H80. The number of hydrogen-bond acceptors (Lipinski definition) is 0. The number of rotatable bonds is 4. The predicted molar refractivity (Wildman–Crippen MR) is 175 cm³/mol. The molecule has 0 saturated carbocycles. The van der Waals surface area contributed by atoms with E-state index in [0.717, 1.165) is 23.7 Å². The van der Waals surface area contributed by atoms with E-state index < -0.39 is 0 Å². The maximum atomic E-state index is 3.56. The minimum absolute atomic E-state index is 0.833. The van der Waals surface area contributed by atoms with Crippen LogP contribution in [-0.2, 0) is 0 Å². The lowest BCUT2D eigenvalue weighted by Gasteiger charge is -1.79. The summed E-state index contributed by atoms with van der Waals surface area (Å²) in [4.78, 5) is 0. The van der Waals surface area contributed by atoms with E-state index in [1.54, 1.807) is 0 Å². The van der Waals surface area contributed by atoms with Crippen molar-refractivity contribution in [1.82, 2.24) is 0 Å². The molecule has 0 aromatic carbocycles. The van der Waals surface area contributed by atoms with Gasteiger partial charge in [-0.05, 0) is 37.5 Å². The van der Waals surface area contributed by atoms with Crippen molar-refractivity contribution in [2.75, 3.05) is 0 Å². The van der Waals surface area contributed by atoms with Gasteiger partial charge in [0.25, 0.3) is 0 Å². The molecule has 0 aliphatic rings. The molecule has 0 amide bonds. The fourth-order valence-electron chi connectivity index (χ4n) is 0.707. The van der Waals surface area contributed by atoms with Gasteiger partial charge in [0.05, 0.1) is 0 Å². The van der Waals surface area contributed by atoms with Gasteiger partial charge in [-0.15, -0.1) is 32.9 Å². The lowest BCUT2D eigenvalue weighted by Crippen LogP contribution is -1.66. The number of unbranched alkanes of at least 4 members (excludes halogenated alkanes) is 4. The monoisotopic (exact) mass is 489 g/mol. The quantitative estimate of drug-likeness (QED) is 0.345. The standard InChI is InChI=1S/2C5H12.4C4H10.C4H8.2C2H4/c2*1-3-5-4-2;5*1-4(2)3;2*1-2/h2*3-5H2,1-2H3;4*4H,1-3H3;1H2,2-3H3;2*1-2H2. The van der Waals surface area contributed by atoms with E-state index in [1.165, 1.54) is 44.1 Å². The Balaban J connectivity index is -0.0000000299. The average Bonchev–Trinajstić information content (AvgIpc) is 2.65. The maximum Gasteiger partial charge on any atom is -0.0445 e. The highest BCUT2D eigenvalue weighted by Crippen LogP contribution is 1.89. The van der Waals surface area contributed by atoms with E-state index in [0.29, 0.717) is 0 Å². The van der Waals surface area contributed by atoms with Crippen molar-refractivity contribution < 1.29 is 0 Å². The first-order chi connectivity index (χ1) is 15.5. The summed E-state index contributed by atoms with van der Waals surface area (Å²) in [6.45, 7) is 54.3. The topological polar surface area (TPSA) is 0 Å². The number of allylic oxidation sites excluding steroid dienone is 1. The van der Waals surface area contributed by atoms with Crippen LogP contribution in [-0.4, -0.2) is 0 Å². The Labute approximate surface area is 225 Å². The fourth-order valence-corrected chi connectivity index (χ4v) is 0.707. The van der Waals surface area contributed by atoms with Crippen LogP contribution in [0.5, 0.6) is 0 Å². The highest BCUT2D eigenvalue weighted by atomic mass is 13.8. The van der Waals surface area contributed by atoms with Crippen molar-refractivity contribution in [2.24, 2.45) is 23.7 Å². The summed E-state index contributed by atoms with van der Waals surface area (Å²) in [6.07, 6.45) is 8.15. The van der Waals surface area contributed by atoms with Crippen molar-refractivity contribution in [3.8, 4) is 0 Å². The third-order valence-electron chi connectivity index (χ3n) is 1.41. The van der Waals surface area contributed by atoms with E-state index in [4.69, 9.17) is 0 Å². The Hall–Kier alpha value is -0.780. The minimum atomic E-state index is 0.833. The summed E-state index contributed by atoms with van der Waals surface area (Å²) in [6, 6.07) is 0. The number of hydrogen-bond donors (Lipinski definition) is 0. The third-order valence-corrected chi connectivity index (χ3v) is 1.41. The van der Waals surface area contributed by atoms with E-state index in [9.17, 15) is 0 Å². The summed E-state index contributed by atoms with van der Waals surface area (Å²) in [5.74, 6) is 3.33. The van der Waals surface area contributed by atoms with Crippen molar-refractivity contribution in [2.45, 2.75) is 163 Å². The first-order valence-electron chi connectivity index (χ1n) is 14.1. The molecule has 0 N–H and O–H groups in total. The molecule has 0 atom stereocenters. The van der Waals surface area contributed by atoms with Gasteiger partial charge in [0, 0.05) is 0 Å². The summed E-state index contributed by atoms with van der Waals surface area (Å²) in [5, 5.41) is 0. The second kappa shape index (κ2) is 76.8. The lowest BCUT2D eigenvalue weighted by molar-refractivity contribution is 0.736. The predicted octanol–water partition coefficient (Wildman–Crippen LogP) is 14.2. The molecule has 0 aromatic heterocycles. The first kappa shape index (κ1) is 58.8. The van der Waals surface area contributed by atoms with Crippen LogP contribution in [0.3, 0.4) is 0 Å². The summed E-state index contributed by atoms with van der Waals surface area (Å²) >= 11 is 0. The third kappa shape index (κ3) is 2750. The molecule has 34 heavy (non-hydrogen) atoms. The molecular weight excluding hydrogens is 408 g/mol. The van der Waals surface area contributed by atoms with Crippen LogP contribution in [0.2, 0.25) is 0 Å². The van der Waals surface area contributed by atoms with Crippen molar-refractivity contribution in [1.29, 1.82) is 0 Å². The van der Waals surface area contributed by atoms with E-state index in [1.807, 2.05) is 13.8 Å². The molecule has 0 unspecified atom stereocenters. The Morgan fingerprint density at radius 1 is 0.412 bits per heavy atom. The fraction of sp³-hybridized carbons (Fsp3) is 0.824. The molecule has 216 valence electrons. The molecule has 0 rings (SSSR count). The minimum Gasteiger partial charge on any atom is -0.106 e. The van der Waals surface area contributed by atoms with Gasteiger partial charge >= 0.3 is 0 Å². The molecule has 0 heterocycles. The van der Waals surface area contributed by atoms with Crippen LogP contribution < -0.4 is 0 Å². The van der Waals surface area contributed by atoms with Gasteiger partial charge in [-0.1, -0.05) is 155 Å². The summed E-state index contributed by atoms with van der Waals surface area (Å²) < 4.78 is 0. The zero-order valence-electron chi connectivity index (χ0n) is 28.6. The van der Waals surface area contributed by atoms with Gasteiger partial charge < -0.3 is 0 Å². The Morgan fingerprint density at radius 3 is 0.471 bits per heavy atom. The van der Waals surface area contributed by atoms with Crippen LogP contribution in [0.15, 0.2) is 38.5 Å². The van der Waals surface area contributed by atoms with E-state index in [-0.39, 0.29) is 0 Å². The summed E-state index contributed by atoms with van der Waals surface area (Å²) in [5.41, 5.74) is 1.17. The molecule has 0 nitrogen and oxygen atoms in total. The highest BCUT2D eigenvalue weighted by molar-refractivity contribution is 4.78. The van der Waals surface area contributed by atoms with Crippen LogP contribution >= 0.6 is 0 Å². The smallest absolute Gasteiger partial charge is 0.0445 e. The van der Waals surface area contributed by atoms with Crippen LogP contribution in [0.4, 0.5) is 0 Å². The van der Waals surface area contributed by atoms with Gasteiger partial charge in [-0.2, -0.15) is 0 Å². The largest absolute Gasteiger partial charge is 0.106 e. The van der Waals surface area contributed by atoms with Crippen LogP contribution in [0, 0.1) is 23.7 Å². The Kier molecular flexibility index (Phi) is 133. The Bertz CT molecular complexity index is 181. The van der Waals surface area contributed by atoms with Gasteiger partial charge in [-0.3, -0.25) is 0 Å². The SMILES string of the molecule is C=C.C=C.C=C(C)C.CC(C)C.CC(C)C.CC(C)C.CC(C)C.CCCCC.CCCCC. The lowest BCUT2D eigenvalue weighted by atomic mass is 10.3. The van der Waals surface area contributed by atoms with Gasteiger partial charge in [0.2, 0.25) is 0 Å². The molecule has 0 fully saturated rings. The first-order valence-corrected chi connectivity index (χ1v) is 14.1. The van der Waals surface area contributed by atoms with Crippen molar-refractivity contribution >= 4 is 0 Å². The normalized spacial score (nSPS) is 7.71. The maximum absolute atomic E-state index is 3.56. The molecule has 0 radical (unpaired) electrons. The van der Waals surface area contributed by atoms with Crippen LogP contribution in [0.25, 0.3) is 0 Å². The second-order valence-corrected chi connectivity index (χ2v) is 10.8. The van der Waals surface area contributed by atoms with Gasteiger partial charge in [-0.25, -0.2) is 0 Å². The molecule has 0 aromatic rings. The van der Waals surface area contributed by atoms with Crippen molar-refractivity contribution in [3.63, 3.8) is 0 Å². The van der Waals surface area contributed by atoms with E-state index in [2.05, 4.69) is 144 Å². The molecule has 0 aliphatic carbocycles. The summed E-state index contributed by atoms with van der Waals surface area (Å²) in [7, 11) is 0. The Morgan fingerprint density at radius 2 is 0.471 bits per heavy atom. The average molecular weight is 489 g/mol. The van der Waals surface area contributed by atoms with Crippen LogP contribution in [0.1, 0.15) is 163 Å². The molecule has 0 spiro atoms. The highest BCUT2D eigenvalue weighted by Gasteiger charge is 1.70. The van der Waals surface area contributed by atoms with Crippen molar-refractivity contribution in [3.05, 3.63) is 38.5 Å². The molecule has 0 aliphatic heterocycles. The zero-order valence-corrected chi connectivity index (χ0v) is 28.6. The molecule has 0 heteroatoms. The van der Waals surface area contributed by atoms with Gasteiger partial charge in [0.15, 0.2) is 0 Å². The van der Waals surface area contributed by atoms with Gasteiger partial charge in [0.1, 0.15) is 0 Å². The molecule has 0 saturated heterocycles. The molecule has 0 bridgehead atoms. The second-order valence-electron chi connectivity index (χ2n) is 10.8.